The predicted octanol–water partition coefficient (Wildman–Crippen LogP) is 2.65. The third-order valence-electron chi connectivity index (χ3n) is 6.11. The van der Waals surface area contributed by atoms with Crippen molar-refractivity contribution >= 4 is 43.1 Å². The average molecular weight is 458 g/mol. The summed E-state index contributed by atoms with van der Waals surface area (Å²) in [6.07, 6.45) is 0. The fourth-order valence-electron chi connectivity index (χ4n) is 4.70. The summed E-state index contributed by atoms with van der Waals surface area (Å²) in [5.74, 6) is 1.38. The maximum Gasteiger partial charge on any atom is 0.277 e. The van der Waals surface area contributed by atoms with Gasteiger partial charge >= 0.3 is 0 Å². The lowest BCUT2D eigenvalue weighted by Gasteiger charge is -2.19. The third kappa shape index (κ3) is 2.65. The number of ether oxygens (including phenoxy) is 4. The van der Waals surface area contributed by atoms with Crippen LogP contribution in [0.1, 0.15) is 0 Å². The first-order chi connectivity index (χ1) is 16.4. The lowest BCUT2D eigenvalue weighted by Crippen LogP contribution is -2.46. The van der Waals surface area contributed by atoms with Crippen molar-refractivity contribution in [1.29, 1.82) is 0 Å². The molecule has 5 aromatic rings. The Morgan fingerprint density at radius 3 is 1.65 bits per heavy atom. The minimum Gasteiger partial charge on any atom is -0.496 e. The van der Waals surface area contributed by atoms with Crippen molar-refractivity contribution in [2.75, 3.05) is 28.4 Å². The highest BCUT2D eigenvalue weighted by atomic mass is 16.5. The van der Waals surface area contributed by atoms with Crippen molar-refractivity contribution in [2.24, 2.45) is 0 Å². The fraction of sp³-hybridized carbons (Fsp3) is 0.154. The van der Waals surface area contributed by atoms with Crippen LogP contribution >= 0.6 is 0 Å². The van der Waals surface area contributed by atoms with Crippen molar-refractivity contribution in [3.8, 4) is 23.0 Å². The molecule has 0 N–H and O–H groups in total. The van der Waals surface area contributed by atoms with Gasteiger partial charge < -0.3 is 18.9 Å². The van der Waals surface area contributed by atoms with E-state index in [1.807, 2.05) is 24.3 Å². The Morgan fingerprint density at radius 1 is 0.500 bits per heavy atom. The summed E-state index contributed by atoms with van der Waals surface area (Å²) in [6.45, 7) is 0. The highest BCUT2D eigenvalue weighted by molar-refractivity contribution is 6.19. The molecule has 34 heavy (non-hydrogen) atoms. The molecule has 0 radical (unpaired) electrons. The number of rotatable bonds is 4. The molecule has 8 heteroatoms. The molecule has 0 aromatic heterocycles. The predicted molar refractivity (Wildman–Crippen MR) is 130 cm³/mol. The van der Waals surface area contributed by atoms with Gasteiger partial charge in [-0.15, -0.1) is 0 Å². The van der Waals surface area contributed by atoms with Crippen LogP contribution in [0.15, 0.2) is 55.6 Å². The second kappa shape index (κ2) is 7.55. The fourth-order valence-corrected chi connectivity index (χ4v) is 4.70. The summed E-state index contributed by atoms with van der Waals surface area (Å²) in [4.78, 5) is 49.6. The Bertz CT molecular complexity index is 1880. The minimum atomic E-state index is -1.39. The summed E-state index contributed by atoms with van der Waals surface area (Å²) in [5, 5.41) is 3.32. The number of benzene rings is 5. The van der Waals surface area contributed by atoms with E-state index >= 15 is 0 Å². The molecule has 0 aliphatic rings. The first kappa shape index (κ1) is 21.4. The largest absolute Gasteiger partial charge is 0.496 e. The van der Waals surface area contributed by atoms with E-state index in [-0.39, 0.29) is 16.5 Å². The maximum absolute atomic E-state index is 12.8. The van der Waals surface area contributed by atoms with Crippen LogP contribution in [0.5, 0.6) is 23.0 Å². The minimum absolute atomic E-state index is 0.0207. The molecule has 0 heterocycles. The summed E-state index contributed by atoms with van der Waals surface area (Å²) in [6, 6.07) is 10.7. The van der Waals surface area contributed by atoms with Gasteiger partial charge in [-0.05, 0) is 40.4 Å². The highest BCUT2D eigenvalue weighted by Crippen LogP contribution is 2.49. The van der Waals surface area contributed by atoms with Crippen LogP contribution in [0, 0.1) is 0 Å². The Labute approximate surface area is 191 Å². The first-order valence-electron chi connectivity index (χ1n) is 10.2. The molecule has 0 unspecified atom stereocenters. The second-order valence-electron chi connectivity index (χ2n) is 7.72. The molecule has 0 aliphatic heterocycles. The molecule has 0 atom stereocenters. The van der Waals surface area contributed by atoms with Gasteiger partial charge in [-0.25, -0.2) is 0 Å². The zero-order valence-corrected chi connectivity index (χ0v) is 18.7. The molecule has 0 bridgehead atoms. The molecule has 0 amide bonds. The molecule has 5 aromatic carbocycles. The van der Waals surface area contributed by atoms with E-state index in [0.717, 1.165) is 16.2 Å². The third-order valence-corrected chi connectivity index (χ3v) is 6.11. The molecule has 8 nitrogen and oxygen atoms in total. The van der Waals surface area contributed by atoms with Gasteiger partial charge in [0.15, 0.2) is 0 Å². The monoisotopic (exact) mass is 458 g/mol. The maximum atomic E-state index is 12.8. The molecule has 0 spiro atoms. The molecule has 0 saturated heterocycles. The van der Waals surface area contributed by atoms with Crippen LogP contribution in [0.25, 0.3) is 43.1 Å². The molecular formula is C26H18O8. The normalized spacial score (nSPS) is 11.4. The zero-order chi connectivity index (χ0) is 24.3. The lowest BCUT2D eigenvalue weighted by molar-refractivity contribution is 0.400. The van der Waals surface area contributed by atoms with Crippen LogP contribution < -0.4 is 40.7 Å². The van der Waals surface area contributed by atoms with Gasteiger partial charge in [-0.1, -0.05) is 12.1 Å². The van der Waals surface area contributed by atoms with E-state index in [9.17, 15) is 19.2 Å². The molecule has 0 aliphatic carbocycles. The van der Waals surface area contributed by atoms with Crippen molar-refractivity contribution in [3.05, 3.63) is 77.3 Å². The van der Waals surface area contributed by atoms with Crippen LogP contribution in [-0.4, -0.2) is 28.4 Å². The topological polar surface area (TPSA) is 105 Å². The SMILES string of the molecule is COc1cccc2cc3cc4cc5c(=O)c(=O)c(=O)c(=O)c5c(OC)c4c(OC)c3c(OC)c12. The van der Waals surface area contributed by atoms with Gasteiger partial charge in [0.1, 0.15) is 23.0 Å². The van der Waals surface area contributed by atoms with Gasteiger partial charge in [0.05, 0.1) is 50.0 Å². The Morgan fingerprint density at radius 2 is 1.03 bits per heavy atom. The van der Waals surface area contributed by atoms with Crippen molar-refractivity contribution in [2.45, 2.75) is 0 Å². The summed E-state index contributed by atoms with van der Waals surface area (Å²) in [7, 11) is 5.87. The van der Waals surface area contributed by atoms with E-state index in [1.54, 1.807) is 13.2 Å². The van der Waals surface area contributed by atoms with Crippen molar-refractivity contribution < 1.29 is 18.9 Å². The smallest absolute Gasteiger partial charge is 0.277 e. The van der Waals surface area contributed by atoms with Crippen LogP contribution in [0.4, 0.5) is 0 Å². The summed E-state index contributed by atoms with van der Waals surface area (Å²) in [5.41, 5.74) is -4.87. The molecule has 0 fully saturated rings. The van der Waals surface area contributed by atoms with Crippen molar-refractivity contribution in [3.63, 3.8) is 0 Å². The van der Waals surface area contributed by atoms with Crippen LogP contribution in [0.3, 0.4) is 0 Å². The number of fused-ring (bicyclic) bond motifs is 4. The zero-order valence-electron chi connectivity index (χ0n) is 18.7. The summed E-state index contributed by atoms with van der Waals surface area (Å²) < 4.78 is 22.7. The molecule has 0 saturated carbocycles. The van der Waals surface area contributed by atoms with Gasteiger partial charge in [0, 0.05) is 5.39 Å². The van der Waals surface area contributed by atoms with E-state index in [4.69, 9.17) is 18.9 Å². The first-order valence-corrected chi connectivity index (χ1v) is 10.2. The summed E-state index contributed by atoms with van der Waals surface area (Å²) >= 11 is 0. The van der Waals surface area contributed by atoms with Gasteiger partial charge in [-0.2, -0.15) is 0 Å². The molecule has 5 rings (SSSR count). The average Bonchev–Trinajstić information content (AvgIpc) is 2.86. The Kier molecular flexibility index (Phi) is 4.75. The van der Waals surface area contributed by atoms with E-state index in [2.05, 4.69) is 0 Å². The molecule has 170 valence electrons. The van der Waals surface area contributed by atoms with Gasteiger partial charge in [0.25, 0.3) is 10.9 Å². The quantitative estimate of drug-likeness (QED) is 0.299. The van der Waals surface area contributed by atoms with Crippen LogP contribution in [0.2, 0.25) is 0 Å². The lowest BCUT2D eigenvalue weighted by atomic mass is 9.94. The second-order valence-corrected chi connectivity index (χ2v) is 7.72. The van der Waals surface area contributed by atoms with Crippen LogP contribution in [-0.2, 0) is 0 Å². The Balaban J connectivity index is 2.16. The highest BCUT2D eigenvalue weighted by Gasteiger charge is 2.25. The van der Waals surface area contributed by atoms with E-state index in [0.29, 0.717) is 33.4 Å². The Hall–Kier alpha value is -4.46. The van der Waals surface area contributed by atoms with Gasteiger partial charge in [0.2, 0.25) is 10.9 Å². The van der Waals surface area contributed by atoms with E-state index in [1.165, 1.54) is 27.4 Å². The van der Waals surface area contributed by atoms with Crippen molar-refractivity contribution in [1.82, 2.24) is 0 Å². The standard InChI is InChI=1S/C26H18O8/c1-31-15-7-5-6-11-8-12-9-13-10-14-19(21(28)23(30)22(29)20(14)27)26(34-4)18(13)25(33-3)17(12)24(32-2)16(11)15/h5-10H,1-4H3. The number of hydrogen-bond donors (Lipinski definition) is 0. The number of hydrogen-bond acceptors (Lipinski definition) is 8. The van der Waals surface area contributed by atoms with Gasteiger partial charge in [-0.3, -0.25) is 19.2 Å². The number of methoxy groups -OCH3 is 4. The molecular weight excluding hydrogens is 440 g/mol. The van der Waals surface area contributed by atoms with E-state index < -0.39 is 21.7 Å².